The summed E-state index contributed by atoms with van der Waals surface area (Å²) in [5, 5.41) is 0. The van der Waals surface area contributed by atoms with Gasteiger partial charge in [0.15, 0.2) is 18.3 Å². The summed E-state index contributed by atoms with van der Waals surface area (Å²) in [4.78, 5) is 48.2. The molecule has 9 nitrogen and oxygen atoms in total. The Bertz CT molecular complexity index is 1540. The number of hydrogen-bond acceptors (Lipinski definition) is 9. The second-order valence-corrected chi connectivity index (χ2v) is 19.1. The number of ether oxygens (including phenoxy) is 5. The van der Waals surface area contributed by atoms with Gasteiger partial charge in [-0.1, -0.05) is 65.7 Å². The number of rotatable bonds is 11. The summed E-state index contributed by atoms with van der Waals surface area (Å²) in [5.41, 5.74) is 7.76. The number of hydrogen-bond donors (Lipinski definition) is 0. The van der Waals surface area contributed by atoms with Crippen LogP contribution >= 0.6 is 0 Å². The van der Waals surface area contributed by atoms with Gasteiger partial charge in [-0.25, -0.2) is 4.39 Å². The Morgan fingerprint density at radius 2 is 1.29 bits per heavy atom. The number of benzene rings is 2. The molecule has 1 aliphatic rings. The van der Waals surface area contributed by atoms with Crippen molar-refractivity contribution in [2.45, 2.75) is 123 Å². The lowest BCUT2D eigenvalue weighted by Crippen LogP contribution is -2.59. The van der Waals surface area contributed by atoms with E-state index >= 15 is 4.39 Å². The molecule has 1 heterocycles. The maximum absolute atomic E-state index is 15.3. The second kappa shape index (κ2) is 17.1. The highest BCUT2D eigenvalue weighted by Gasteiger charge is 2.52. The molecule has 3 rings (SSSR count). The SMILES string of the molecule is CC(=O)OC[C@H]1O[C@@H](c2ccc(F)c(Cc3ccc(C#C[Si](C(C)C)(C(C)C)C(C)C)cc3)c2)[C@H](OC(C)=O)C(OC(C)=O)[C@@H]1OC(C)=O. The molecule has 2 aromatic rings. The van der Waals surface area contributed by atoms with Gasteiger partial charge in [0.05, 0.1) is 0 Å². The molecule has 1 unspecified atom stereocenters. The monoisotopic (exact) mass is 696 g/mol. The lowest BCUT2D eigenvalue weighted by Gasteiger charge is -2.44. The average molecular weight is 697 g/mol. The quantitative estimate of drug-likeness (QED) is 0.109. The van der Waals surface area contributed by atoms with Crippen LogP contribution in [0.1, 0.15) is 97.6 Å². The fourth-order valence-corrected chi connectivity index (χ4v) is 12.2. The third-order valence-corrected chi connectivity index (χ3v) is 15.3. The number of halogens is 1. The fourth-order valence-electron chi connectivity index (χ4n) is 6.94. The van der Waals surface area contributed by atoms with Crippen molar-refractivity contribution in [2.75, 3.05) is 6.61 Å². The molecular weight excluding hydrogens is 647 g/mol. The highest BCUT2D eigenvalue weighted by atomic mass is 28.3. The Morgan fingerprint density at radius 1 is 0.755 bits per heavy atom. The van der Waals surface area contributed by atoms with Crippen molar-refractivity contribution < 1.29 is 47.3 Å². The number of esters is 4. The minimum Gasteiger partial charge on any atom is -0.463 e. The Labute approximate surface area is 290 Å². The van der Waals surface area contributed by atoms with Crippen molar-refractivity contribution in [1.82, 2.24) is 0 Å². The van der Waals surface area contributed by atoms with Crippen molar-refractivity contribution >= 4 is 32.0 Å². The molecule has 49 heavy (non-hydrogen) atoms. The van der Waals surface area contributed by atoms with E-state index in [1.54, 1.807) is 6.07 Å². The standard InChI is InChI=1S/C38H49FO9Si/c1-22(2)49(23(3)4,24(5)6)18-17-29-11-13-30(14-12-29)19-32-20-31(15-16-33(32)39)35-37(46-27(9)42)38(47-28(10)43)36(45-26(8)41)34(48-35)21-44-25(7)40/h11-16,20,22-24,34-38H,19,21H2,1-10H3/t34-,35+,36-,37+,38?/m1/s1. The van der Waals surface area contributed by atoms with Crippen LogP contribution in [0.3, 0.4) is 0 Å². The first kappa shape index (κ1) is 39.4. The number of carbonyl (C=O) groups excluding carboxylic acids is 4. The first-order valence-electron chi connectivity index (χ1n) is 16.7. The lowest BCUT2D eigenvalue weighted by molar-refractivity contribution is -0.254. The van der Waals surface area contributed by atoms with Gasteiger partial charge in [0.2, 0.25) is 0 Å². The summed E-state index contributed by atoms with van der Waals surface area (Å²) in [6.07, 6.45) is -5.87. The van der Waals surface area contributed by atoms with Crippen LogP contribution in [0.5, 0.6) is 0 Å². The van der Waals surface area contributed by atoms with Crippen molar-refractivity contribution in [1.29, 1.82) is 0 Å². The van der Waals surface area contributed by atoms with E-state index < -0.39 is 68.3 Å². The highest BCUT2D eigenvalue weighted by molar-refractivity contribution is 6.90. The molecule has 0 aliphatic carbocycles. The van der Waals surface area contributed by atoms with Gasteiger partial charge < -0.3 is 23.7 Å². The maximum atomic E-state index is 15.3. The van der Waals surface area contributed by atoms with E-state index in [-0.39, 0.29) is 13.0 Å². The molecule has 0 aromatic heterocycles. The molecule has 0 bridgehead atoms. The summed E-state index contributed by atoms with van der Waals surface area (Å²) in [6.45, 7) is 18.0. The Hall–Kier alpha value is -4.01. The van der Waals surface area contributed by atoms with Crippen LogP contribution in [0.4, 0.5) is 4.39 Å². The van der Waals surface area contributed by atoms with Crippen molar-refractivity contribution in [3.05, 3.63) is 70.5 Å². The van der Waals surface area contributed by atoms with Gasteiger partial charge in [-0.3, -0.25) is 19.2 Å². The first-order valence-corrected chi connectivity index (χ1v) is 18.9. The second-order valence-electron chi connectivity index (χ2n) is 13.5. The molecule has 1 fully saturated rings. The minimum atomic E-state index is -1.90. The summed E-state index contributed by atoms with van der Waals surface area (Å²) in [7, 11) is -1.90. The zero-order valence-corrected chi connectivity index (χ0v) is 31.1. The van der Waals surface area contributed by atoms with Crippen molar-refractivity contribution in [3.8, 4) is 11.5 Å². The van der Waals surface area contributed by atoms with Crippen molar-refractivity contribution in [3.63, 3.8) is 0 Å². The smallest absolute Gasteiger partial charge is 0.303 e. The van der Waals surface area contributed by atoms with Crippen LogP contribution in [0.25, 0.3) is 0 Å². The van der Waals surface area contributed by atoms with Gasteiger partial charge in [0, 0.05) is 39.7 Å². The minimum absolute atomic E-state index is 0.237. The third-order valence-electron chi connectivity index (χ3n) is 9.03. The molecule has 0 N–H and O–H groups in total. The molecule has 0 saturated carbocycles. The van der Waals surface area contributed by atoms with Crippen molar-refractivity contribution in [2.24, 2.45) is 0 Å². The predicted molar refractivity (Wildman–Crippen MR) is 184 cm³/mol. The molecule has 266 valence electrons. The molecule has 5 atom stereocenters. The average Bonchev–Trinajstić information content (AvgIpc) is 2.99. The molecule has 0 spiro atoms. The van der Waals surface area contributed by atoms with Crippen LogP contribution in [-0.2, 0) is 49.3 Å². The summed E-state index contributed by atoms with van der Waals surface area (Å²) in [5.74, 6) is 0.201. The molecule has 0 amide bonds. The van der Waals surface area contributed by atoms with Gasteiger partial charge in [-0.05, 0) is 57.6 Å². The van der Waals surface area contributed by atoms with E-state index in [9.17, 15) is 19.2 Å². The Kier molecular flexibility index (Phi) is 13.7. The summed E-state index contributed by atoms with van der Waals surface area (Å²) < 4.78 is 43.4. The fraction of sp³-hybridized carbons (Fsp3) is 0.526. The lowest BCUT2D eigenvalue weighted by atomic mass is 9.89. The zero-order chi connectivity index (χ0) is 36.6. The summed E-state index contributed by atoms with van der Waals surface area (Å²) in [6, 6.07) is 12.1. The van der Waals surface area contributed by atoms with E-state index in [0.717, 1.165) is 25.0 Å². The topological polar surface area (TPSA) is 114 Å². The Morgan fingerprint density at radius 3 is 1.80 bits per heavy atom. The number of carbonyl (C=O) groups is 4. The predicted octanol–water partition coefficient (Wildman–Crippen LogP) is 6.78. The normalized spacial score (nSPS) is 20.7. The largest absolute Gasteiger partial charge is 0.463 e. The molecule has 1 saturated heterocycles. The Balaban J connectivity index is 2.00. The van der Waals surface area contributed by atoms with Gasteiger partial charge in [0.1, 0.15) is 32.7 Å². The zero-order valence-electron chi connectivity index (χ0n) is 30.1. The van der Waals surface area contributed by atoms with Crippen LogP contribution < -0.4 is 0 Å². The van der Waals surface area contributed by atoms with E-state index in [1.807, 2.05) is 24.3 Å². The van der Waals surface area contributed by atoms with Gasteiger partial charge in [-0.2, -0.15) is 0 Å². The van der Waals surface area contributed by atoms with Crippen LogP contribution in [-0.4, -0.2) is 63.0 Å². The van der Waals surface area contributed by atoms with Gasteiger partial charge >= 0.3 is 23.9 Å². The van der Waals surface area contributed by atoms with E-state index in [0.29, 0.717) is 27.8 Å². The molecule has 1 aliphatic heterocycles. The van der Waals surface area contributed by atoms with Gasteiger partial charge in [-0.15, -0.1) is 5.54 Å². The molecular formula is C38H49FO9Si. The van der Waals surface area contributed by atoms with Crippen LogP contribution in [0.15, 0.2) is 42.5 Å². The summed E-state index contributed by atoms with van der Waals surface area (Å²) >= 11 is 0. The highest BCUT2D eigenvalue weighted by Crippen LogP contribution is 2.41. The van der Waals surface area contributed by atoms with Crippen LogP contribution in [0.2, 0.25) is 16.6 Å². The molecule has 11 heteroatoms. The molecule has 2 aromatic carbocycles. The third kappa shape index (κ3) is 10.0. The van der Waals surface area contributed by atoms with Gasteiger partial charge in [0.25, 0.3) is 0 Å². The first-order chi connectivity index (χ1) is 23.0. The maximum Gasteiger partial charge on any atom is 0.303 e. The molecule has 0 radical (unpaired) electrons. The van der Waals surface area contributed by atoms with E-state index in [4.69, 9.17) is 23.7 Å². The van der Waals surface area contributed by atoms with E-state index in [1.165, 1.54) is 26.0 Å². The van der Waals surface area contributed by atoms with Crippen LogP contribution in [0, 0.1) is 17.3 Å². The van der Waals surface area contributed by atoms with E-state index in [2.05, 4.69) is 53.0 Å².